The summed E-state index contributed by atoms with van der Waals surface area (Å²) in [6, 6.07) is 8.06. The third kappa shape index (κ3) is 3.83. The normalized spacial score (nSPS) is 16.0. The van der Waals surface area contributed by atoms with Gasteiger partial charge in [-0.15, -0.1) is 0 Å². The van der Waals surface area contributed by atoms with E-state index in [2.05, 4.69) is 4.98 Å². The predicted molar refractivity (Wildman–Crippen MR) is 94.0 cm³/mol. The maximum atomic E-state index is 12.6. The Morgan fingerprint density at radius 2 is 1.96 bits per heavy atom. The Morgan fingerprint density at radius 1 is 1.24 bits per heavy atom. The fourth-order valence-corrected chi connectivity index (χ4v) is 2.89. The summed E-state index contributed by atoms with van der Waals surface area (Å²) >= 11 is 5.95. The molecule has 2 heterocycles. The van der Waals surface area contributed by atoms with Crippen LogP contribution >= 0.6 is 11.6 Å². The molecule has 1 saturated heterocycles. The standard InChI is InChI=1S/C16H18ClN5O3/c17-11-1-3-14(18)13(9-11)16(23)21-7-5-20(6-8-21)15-4-2-12(10-19-15)22(24)25/h1-4,9-10,22,24H,5-8,18H2. The first-order chi connectivity index (χ1) is 12.0. The topological polar surface area (TPSA) is 110 Å². The van der Waals surface area contributed by atoms with Gasteiger partial charge in [-0.3, -0.25) is 4.79 Å². The molecule has 1 aromatic heterocycles. The van der Waals surface area contributed by atoms with E-state index in [0.29, 0.717) is 48.3 Å². The first-order valence-electron chi connectivity index (χ1n) is 7.74. The number of halogens is 1. The van der Waals surface area contributed by atoms with Gasteiger partial charge in [0.1, 0.15) is 5.82 Å². The summed E-state index contributed by atoms with van der Waals surface area (Å²) in [5, 5.41) is 19.3. The Morgan fingerprint density at radius 3 is 2.56 bits per heavy atom. The number of carbonyl (C=O) groups excluding carboxylic acids is 1. The number of anilines is 2. The van der Waals surface area contributed by atoms with Gasteiger partial charge < -0.3 is 20.7 Å². The van der Waals surface area contributed by atoms with E-state index in [1.807, 2.05) is 4.90 Å². The molecule has 132 valence electrons. The lowest BCUT2D eigenvalue weighted by Crippen LogP contribution is -2.99. The summed E-state index contributed by atoms with van der Waals surface area (Å²) in [6.45, 7) is 2.25. The van der Waals surface area contributed by atoms with Gasteiger partial charge in [-0.1, -0.05) is 11.6 Å². The van der Waals surface area contributed by atoms with E-state index in [-0.39, 0.29) is 11.6 Å². The number of nitrogen functional groups attached to an aromatic ring is 1. The second kappa shape index (κ2) is 7.24. The molecule has 0 spiro atoms. The maximum Gasteiger partial charge on any atom is 0.256 e. The van der Waals surface area contributed by atoms with Gasteiger partial charge in [0.25, 0.3) is 5.91 Å². The molecule has 0 saturated carbocycles. The van der Waals surface area contributed by atoms with E-state index >= 15 is 0 Å². The average Bonchev–Trinajstić information content (AvgIpc) is 2.63. The van der Waals surface area contributed by atoms with E-state index < -0.39 is 5.23 Å². The van der Waals surface area contributed by atoms with E-state index in [9.17, 15) is 10.0 Å². The van der Waals surface area contributed by atoms with Crippen LogP contribution in [0.25, 0.3) is 0 Å². The molecular weight excluding hydrogens is 346 g/mol. The number of nitrogens with one attached hydrogen (secondary N) is 1. The minimum absolute atomic E-state index is 0.145. The SMILES string of the molecule is Nc1ccc(Cl)cc1C(=O)N1CCN(c2ccc([NH+]([O-])O)cn2)CC1. The minimum Gasteiger partial charge on any atom is -0.595 e. The summed E-state index contributed by atoms with van der Waals surface area (Å²) in [4.78, 5) is 20.5. The largest absolute Gasteiger partial charge is 0.595 e. The maximum absolute atomic E-state index is 12.6. The highest BCUT2D eigenvalue weighted by molar-refractivity contribution is 6.31. The Labute approximate surface area is 149 Å². The molecule has 2 aromatic rings. The average molecular weight is 364 g/mol. The first kappa shape index (κ1) is 17.4. The Kier molecular flexibility index (Phi) is 5.05. The fraction of sp³-hybridized carbons (Fsp3) is 0.250. The van der Waals surface area contributed by atoms with Gasteiger partial charge in [0, 0.05) is 43.0 Å². The molecule has 3 rings (SSSR count). The molecule has 1 aromatic carbocycles. The van der Waals surface area contributed by atoms with Crippen molar-refractivity contribution < 1.29 is 15.2 Å². The summed E-state index contributed by atoms with van der Waals surface area (Å²) in [5.41, 5.74) is 6.84. The molecule has 1 amide bonds. The summed E-state index contributed by atoms with van der Waals surface area (Å²) in [6.07, 6.45) is 1.34. The predicted octanol–water partition coefficient (Wildman–Crippen LogP) is 0.683. The lowest BCUT2D eigenvalue weighted by Gasteiger charge is -2.35. The number of aromatic nitrogens is 1. The lowest BCUT2D eigenvalue weighted by molar-refractivity contribution is -0.991. The lowest BCUT2D eigenvalue weighted by atomic mass is 10.1. The van der Waals surface area contributed by atoms with Crippen LogP contribution in [0.2, 0.25) is 5.02 Å². The van der Waals surface area contributed by atoms with Crippen LogP contribution < -0.4 is 15.9 Å². The van der Waals surface area contributed by atoms with Gasteiger partial charge in [0.15, 0.2) is 5.69 Å². The van der Waals surface area contributed by atoms with Gasteiger partial charge >= 0.3 is 0 Å². The number of carbonyl (C=O) groups is 1. The first-order valence-corrected chi connectivity index (χ1v) is 8.12. The highest BCUT2D eigenvalue weighted by atomic mass is 35.5. The van der Waals surface area contributed by atoms with Crippen molar-refractivity contribution in [3.05, 3.63) is 52.3 Å². The molecule has 8 nitrogen and oxygen atoms in total. The molecule has 1 aliphatic heterocycles. The number of hydrogen-bond donors (Lipinski definition) is 3. The van der Waals surface area contributed by atoms with Crippen LogP contribution in [0.1, 0.15) is 10.4 Å². The summed E-state index contributed by atoms with van der Waals surface area (Å²) in [5.74, 6) is 0.549. The molecule has 1 unspecified atom stereocenters. The molecule has 1 aliphatic rings. The zero-order valence-electron chi connectivity index (χ0n) is 13.4. The monoisotopic (exact) mass is 363 g/mol. The molecule has 0 radical (unpaired) electrons. The Bertz CT molecular complexity index is 761. The number of piperazine rings is 1. The highest BCUT2D eigenvalue weighted by Gasteiger charge is 2.24. The number of rotatable bonds is 3. The van der Waals surface area contributed by atoms with Crippen LogP contribution in [-0.4, -0.2) is 47.2 Å². The zero-order chi connectivity index (χ0) is 18.0. The van der Waals surface area contributed by atoms with Crippen LogP contribution in [0, 0.1) is 5.21 Å². The number of nitrogens with two attached hydrogens (primary N) is 1. The Hall–Kier alpha value is -2.39. The zero-order valence-corrected chi connectivity index (χ0v) is 14.1. The van der Waals surface area contributed by atoms with Crippen LogP contribution in [0.15, 0.2) is 36.5 Å². The van der Waals surface area contributed by atoms with Crippen molar-refractivity contribution in [2.75, 3.05) is 36.8 Å². The van der Waals surface area contributed by atoms with Gasteiger partial charge in [0.2, 0.25) is 0 Å². The van der Waals surface area contributed by atoms with Gasteiger partial charge in [-0.05, 0) is 24.3 Å². The van der Waals surface area contributed by atoms with Crippen molar-refractivity contribution in [2.45, 2.75) is 0 Å². The van der Waals surface area contributed by atoms with Crippen LogP contribution in [0.3, 0.4) is 0 Å². The molecule has 0 bridgehead atoms. The molecule has 9 heteroatoms. The minimum atomic E-state index is -1.01. The number of pyridine rings is 1. The van der Waals surface area contributed by atoms with Crippen molar-refractivity contribution in [1.29, 1.82) is 0 Å². The second-order valence-electron chi connectivity index (χ2n) is 5.72. The molecule has 25 heavy (non-hydrogen) atoms. The van der Waals surface area contributed by atoms with Gasteiger partial charge in [-0.2, -0.15) is 5.23 Å². The fourth-order valence-electron chi connectivity index (χ4n) is 2.72. The molecule has 4 N–H and O–H groups in total. The third-order valence-corrected chi connectivity index (χ3v) is 4.37. The van der Waals surface area contributed by atoms with Gasteiger partial charge in [-0.25, -0.2) is 10.2 Å². The molecule has 1 fully saturated rings. The van der Waals surface area contributed by atoms with Crippen molar-refractivity contribution in [3.8, 4) is 0 Å². The van der Waals surface area contributed by atoms with E-state index in [1.54, 1.807) is 29.2 Å². The smallest absolute Gasteiger partial charge is 0.256 e. The number of hydrogen-bond acceptors (Lipinski definition) is 6. The van der Waals surface area contributed by atoms with E-state index in [1.165, 1.54) is 12.3 Å². The molecule has 1 atom stereocenters. The van der Waals surface area contributed by atoms with Crippen LogP contribution in [0.5, 0.6) is 0 Å². The van der Waals surface area contributed by atoms with Crippen molar-refractivity contribution in [1.82, 2.24) is 9.88 Å². The quantitative estimate of drug-likeness (QED) is 0.546. The van der Waals surface area contributed by atoms with Crippen LogP contribution in [0.4, 0.5) is 17.2 Å². The Balaban J connectivity index is 1.65. The number of amides is 1. The van der Waals surface area contributed by atoms with Crippen molar-refractivity contribution >= 4 is 34.7 Å². The van der Waals surface area contributed by atoms with Crippen LogP contribution in [-0.2, 0) is 0 Å². The van der Waals surface area contributed by atoms with E-state index in [4.69, 9.17) is 22.5 Å². The number of quaternary nitrogens is 1. The third-order valence-electron chi connectivity index (χ3n) is 4.13. The van der Waals surface area contributed by atoms with Crippen molar-refractivity contribution in [2.24, 2.45) is 0 Å². The van der Waals surface area contributed by atoms with Crippen molar-refractivity contribution in [3.63, 3.8) is 0 Å². The molecular formula is C16H18ClN5O3. The highest BCUT2D eigenvalue weighted by Crippen LogP contribution is 2.21. The van der Waals surface area contributed by atoms with E-state index in [0.717, 1.165) is 0 Å². The van der Waals surface area contributed by atoms with Gasteiger partial charge in [0.05, 0.1) is 11.8 Å². The summed E-state index contributed by atoms with van der Waals surface area (Å²) in [7, 11) is 0. The number of benzene rings is 1. The second-order valence-corrected chi connectivity index (χ2v) is 6.16. The number of nitrogens with zero attached hydrogens (tertiary/aromatic N) is 3. The summed E-state index contributed by atoms with van der Waals surface area (Å²) < 4.78 is 0. The molecule has 0 aliphatic carbocycles.